The Morgan fingerprint density at radius 2 is 1.59 bits per heavy atom. The highest BCUT2D eigenvalue weighted by atomic mass is 16.5. The molecule has 0 bridgehead atoms. The molecule has 6 heteroatoms. The van der Waals surface area contributed by atoms with Gasteiger partial charge < -0.3 is 14.5 Å². The van der Waals surface area contributed by atoms with E-state index in [2.05, 4.69) is 39.6 Å². The van der Waals surface area contributed by atoms with Gasteiger partial charge in [0, 0.05) is 43.4 Å². The highest BCUT2D eigenvalue weighted by Gasteiger charge is 2.21. The van der Waals surface area contributed by atoms with Gasteiger partial charge >= 0.3 is 0 Å². The van der Waals surface area contributed by atoms with Crippen molar-refractivity contribution < 1.29 is 4.74 Å². The number of fused-ring (bicyclic) bond motifs is 1. The second-order valence-electron chi connectivity index (χ2n) is 7.67. The molecule has 0 radical (unpaired) electrons. The van der Waals surface area contributed by atoms with E-state index >= 15 is 0 Å². The Balaban J connectivity index is 1.37. The van der Waals surface area contributed by atoms with Crippen molar-refractivity contribution in [2.75, 3.05) is 42.6 Å². The van der Waals surface area contributed by atoms with Crippen molar-refractivity contribution in [1.82, 2.24) is 15.0 Å². The summed E-state index contributed by atoms with van der Waals surface area (Å²) in [7, 11) is 0. The first kappa shape index (κ1) is 20.0. The van der Waals surface area contributed by atoms with E-state index < -0.39 is 0 Å². The first-order valence-electron chi connectivity index (χ1n) is 10.8. The molecule has 1 fully saturated rings. The van der Waals surface area contributed by atoms with Crippen molar-refractivity contribution >= 4 is 22.4 Å². The van der Waals surface area contributed by atoms with Crippen LogP contribution in [0.4, 0.5) is 11.5 Å². The highest BCUT2D eigenvalue weighted by Crippen LogP contribution is 2.29. The van der Waals surface area contributed by atoms with Crippen LogP contribution in [-0.2, 0) is 0 Å². The lowest BCUT2D eigenvalue weighted by atomic mass is 10.2. The van der Waals surface area contributed by atoms with Crippen LogP contribution in [0.1, 0.15) is 0 Å². The maximum Gasteiger partial charge on any atom is 0.180 e. The molecular weight excluding hydrogens is 398 g/mol. The summed E-state index contributed by atoms with van der Waals surface area (Å²) in [6.07, 6.45) is 3.53. The largest absolute Gasteiger partial charge is 0.490 e. The quantitative estimate of drug-likeness (QED) is 0.423. The number of nitrogens with zero attached hydrogens (tertiary/aromatic N) is 5. The minimum absolute atomic E-state index is 0.519. The van der Waals surface area contributed by atoms with E-state index in [4.69, 9.17) is 14.7 Å². The van der Waals surface area contributed by atoms with Crippen LogP contribution < -0.4 is 14.5 Å². The van der Waals surface area contributed by atoms with Crippen molar-refractivity contribution in [3.05, 3.63) is 85.6 Å². The molecule has 6 nitrogen and oxygen atoms in total. The number of rotatable bonds is 6. The molecule has 0 atom stereocenters. The van der Waals surface area contributed by atoms with Gasteiger partial charge in [0.1, 0.15) is 23.9 Å². The molecule has 32 heavy (non-hydrogen) atoms. The van der Waals surface area contributed by atoms with E-state index in [0.29, 0.717) is 12.4 Å². The summed E-state index contributed by atoms with van der Waals surface area (Å²) in [4.78, 5) is 18.9. The van der Waals surface area contributed by atoms with Crippen LogP contribution in [0.5, 0.6) is 5.75 Å². The van der Waals surface area contributed by atoms with Gasteiger partial charge in [-0.25, -0.2) is 9.97 Å². The molecule has 0 aliphatic carbocycles. The summed E-state index contributed by atoms with van der Waals surface area (Å²) in [6.45, 7) is 7.82. The summed E-state index contributed by atoms with van der Waals surface area (Å²) in [5, 5.41) is 1.07. The second kappa shape index (κ2) is 9.06. The Labute approximate surface area is 187 Å². The lowest BCUT2D eigenvalue weighted by molar-refractivity contribution is 0.363. The van der Waals surface area contributed by atoms with Gasteiger partial charge in [0.15, 0.2) is 5.82 Å². The van der Waals surface area contributed by atoms with Crippen molar-refractivity contribution in [3.8, 4) is 17.3 Å². The molecule has 4 aromatic rings. The van der Waals surface area contributed by atoms with E-state index in [0.717, 1.165) is 54.3 Å². The topological polar surface area (TPSA) is 54.4 Å². The number of anilines is 2. The third-order valence-electron chi connectivity index (χ3n) is 5.63. The third-order valence-corrected chi connectivity index (χ3v) is 5.63. The summed E-state index contributed by atoms with van der Waals surface area (Å²) in [6, 6.07) is 22.3. The van der Waals surface area contributed by atoms with Gasteiger partial charge in [0.25, 0.3) is 0 Å². The van der Waals surface area contributed by atoms with Crippen molar-refractivity contribution in [2.45, 2.75) is 0 Å². The van der Waals surface area contributed by atoms with Gasteiger partial charge in [-0.2, -0.15) is 0 Å². The number of piperazine rings is 1. The van der Waals surface area contributed by atoms with Gasteiger partial charge in [0.05, 0.1) is 5.52 Å². The zero-order valence-corrected chi connectivity index (χ0v) is 17.9. The van der Waals surface area contributed by atoms with Crippen LogP contribution in [0.15, 0.2) is 85.6 Å². The van der Waals surface area contributed by atoms with Crippen LogP contribution in [0, 0.1) is 0 Å². The lowest BCUT2D eigenvalue weighted by Gasteiger charge is -2.37. The van der Waals surface area contributed by atoms with Crippen molar-refractivity contribution in [1.29, 1.82) is 0 Å². The fourth-order valence-corrected chi connectivity index (χ4v) is 4.00. The maximum atomic E-state index is 5.60. The van der Waals surface area contributed by atoms with Crippen LogP contribution >= 0.6 is 0 Å². The fraction of sp³-hybridized carbons (Fsp3) is 0.192. The van der Waals surface area contributed by atoms with E-state index in [1.54, 1.807) is 12.3 Å². The van der Waals surface area contributed by atoms with Crippen molar-refractivity contribution in [3.63, 3.8) is 0 Å². The predicted octanol–water partition coefficient (Wildman–Crippen LogP) is 4.58. The van der Waals surface area contributed by atoms with Gasteiger partial charge in [-0.05, 0) is 48.5 Å². The molecule has 0 N–H and O–H groups in total. The standard InChI is InChI=1S/C26H25N5O/c1-2-19-32-21-12-10-20(11-13-21)30-15-17-31(18-16-30)26-22-7-3-4-8-23(22)28-25(29-26)24-9-5-6-14-27-24/h2-14H,1,15-19H2. The molecule has 1 saturated heterocycles. The first-order chi connectivity index (χ1) is 15.8. The molecule has 3 heterocycles. The minimum atomic E-state index is 0.519. The Bertz CT molecular complexity index is 1200. The molecule has 1 aliphatic rings. The number of pyridine rings is 1. The molecule has 0 saturated carbocycles. The number of ether oxygens (including phenoxy) is 1. The lowest BCUT2D eigenvalue weighted by Crippen LogP contribution is -2.47. The average Bonchev–Trinajstić information content (AvgIpc) is 2.88. The van der Waals surface area contributed by atoms with E-state index in [1.807, 2.05) is 48.5 Å². The zero-order chi connectivity index (χ0) is 21.8. The summed E-state index contributed by atoms with van der Waals surface area (Å²) in [5.74, 6) is 2.50. The maximum absolute atomic E-state index is 5.60. The molecule has 160 valence electrons. The van der Waals surface area contributed by atoms with Gasteiger partial charge in [-0.1, -0.05) is 30.9 Å². The van der Waals surface area contributed by atoms with Crippen LogP contribution in [0.25, 0.3) is 22.4 Å². The number of aromatic nitrogens is 3. The highest BCUT2D eigenvalue weighted by molar-refractivity contribution is 5.91. The molecule has 2 aromatic carbocycles. The third kappa shape index (κ3) is 4.12. The number of benzene rings is 2. The number of hydrogen-bond acceptors (Lipinski definition) is 6. The van der Waals surface area contributed by atoms with Crippen molar-refractivity contribution in [2.24, 2.45) is 0 Å². The molecule has 5 rings (SSSR count). The molecule has 2 aromatic heterocycles. The monoisotopic (exact) mass is 423 g/mol. The fourth-order valence-electron chi connectivity index (χ4n) is 4.00. The smallest absolute Gasteiger partial charge is 0.180 e. The molecule has 0 amide bonds. The number of hydrogen-bond donors (Lipinski definition) is 0. The zero-order valence-electron chi connectivity index (χ0n) is 17.9. The molecular formula is C26H25N5O. The SMILES string of the molecule is C=CCOc1ccc(N2CCN(c3nc(-c4ccccn4)nc4ccccc34)CC2)cc1. The summed E-state index contributed by atoms with van der Waals surface area (Å²) >= 11 is 0. The Kier molecular flexibility index (Phi) is 5.66. The summed E-state index contributed by atoms with van der Waals surface area (Å²) in [5.41, 5.74) is 2.94. The molecule has 0 spiro atoms. The van der Waals surface area contributed by atoms with Gasteiger partial charge in [-0.3, -0.25) is 4.98 Å². The van der Waals surface area contributed by atoms with Crippen LogP contribution in [0.3, 0.4) is 0 Å². The summed E-state index contributed by atoms with van der Waals surface area (Å²) < 4.78 is 5.60. The van der Waals surface area contributed by atoms with Crippen LogP contribution in [0.2, 0.25) is 0 Å². The average molecular weight is 424 g/mol. The Morgan fingerprint density at radius 3 is 2.34 bits per heavy atom. The van der Waals surface area contributed by atoms with Gasteiger partial charge in [0.2, 0.25) is 0 Å². The van der Waals surface area contributed by atoms with E-state index in [9.17, 15) is 0 Å². The van der Waals surface area contributed by atoms with E-state index in [-0.39, 0.29) is 0 Å². The predicted molar refractivity (Wildman–Crippen MR) is 129 cm³/mol. The van der Waals surface area contributed by atoms with Crippen LogP contribution in [-0.4, -0.2) is 47.7 Å². The van der Waals surface area contributed by atoms with E-state index in [1.165, 1.54) is 5.69 Å². The Hall–Kier alpha value is -3.93. The normalized spacial score (nSPS) is 13.9. The minimum Gasteiger partial charge on any atom is -0.490 e. The molecule has 0 unspecified atom stereocenters. The van der Waals surface area contributed by atoms with Gasteiger partial charge in [-0.15, -0.1) is 0 Å². The number of para-hydroxylation sites is 1. The first-order valence-corrected chi connectivity index (χ1v) is 10.8. The molecule has 1 aliphatic heterocycles. The second-order valence-corrected chi connectivity index (χ2v) is 7.67. The Morgan fingerprint density at radius 1 is 0.844 bits per heavy atom.